The monoisotopic (exact) mass is 495 g/mol. The maximum atomic E-state index is 14.2. The Morgan fingerprint density at radius 2 is 2.03 bits per heavy atom. The van der Waals surface area contributed by atoms with Gasteiger partial charge in [-0.2, -0.15) is 0 Å². The van der Waals surface area contributed by atoms with Crippen LogP contribution in [0.1, 0.15) is 16.8 Å². The molecule has 1 saturated heterocycles. The van der Waals surface area contributed by atoms with Gasteiger partial charge < -0.3 is 4.74 Å². The third-order valence-corrected chi connectivity index (χ3v) is 6.43. The van der Waals surface area contributed by atoms with Crippen LogP contribution in [0.3, 0.4) is 0 Å². The van der Waals surface area contributed by atoms with E-state index in [2.05, 4.69) is 25.8 Å². The van der Waals surface area contributed by atoms with Gasteiger partial charge in [-0.15, -0.1) is 0 Å². The van der Waals surface area contributed by atoms with E-state index >= 15 is 0 Å². The van der Waals surface area contributed by atoms with Gasteiger partial charge >= 0.3 is 0 Å². The highest BCUT2D eigenvalue weighted by Gasteiger charge is 2.23. The van der Waals surface area contributed by atoms with Crippen LogP contribution in [0.5, 0.6) is 0 Å². The maximum Gasteiger partial charge on any atom is 0.260 e. The van der Waals surface area contributed by atoms with Crippen LogP contribution in [-0.4, -0.2) is 55.2 Å². The first-order chi connectivity index (χ1) is 14.5. The highest BCUT2D eigenvalue weighted by Crippen LogP contribution is 2.32. The zero-order chi connectivity index (χ0) is 21.1. The van der Waals surface area contributed by atoms with Crippen molar-refractivity contribution >= 4 is 48.5 Å². The van der Waals surface area contributed by atoms with Crippen molar-refractivity contribution in [2.24, 2.45) is 0 Å². The van der Waals surface area contributed by atoms with Gasteiger partial charge in [0.25, 0.3) is 5.91 Å². The van der Waals surface area contributed by atoms with Crippen molar-refractivity contribution < 1.29 is 18.3 Å². The molecule has 2 aromatic carbocycles. The lowest BCUT2D eigenvalue weighted by molar-refractivity contribution is 0.0376. The summed E-state index contributed by atoms with van der Waals surface area (Å²) in [5.41, 5.74) is 0.582. The first-order valence-electron chi connectivity index (χ1n) is 9.64. The molecule has 0 radical (unpaired) electrons. The molecule has 0 unspecified atom stereocenters. The molecule has 4 rings (SSSR count). The van der Waals surface area contributed by atoms with Gasteiger partial charge in [-0.25, -0.2) is 13.8 Å². The Bertz CT molecular complexity index is 1060. The fraction of sp³-hybridized carbons (Fsp3) is 0.333. The minimum atomic E-state index is -0.726. The molecule has 5 nitrogen and oxygen atoms in total. The normalized spacial score (nSPS) is 14.9. The Labute approximate surface area is 185 Å². The van der Waals surface area contributed by atoms with E-state index in [1.807, 2.05) is 6.07 Å². The molecule has 30 heavy (non-hydrogen) atoms. The van der Waals surface area contributed by atoms with Crippen LogP contribution in [0.2, 0.25) is 0 Å². The summed E-state index contributed by atoms with van der Waals surface area (Å²) in [6, 6.07) is 9.16. The van der Waals surface area contributed by atoms with E-state index in [1.165, 1.54) is 6.07 Å². The van der Waals surface area contributed by atoms with Crippen molar-refractivity contribution in [3.05, 3.63) is 58.1 Å². The van der Waals surface area contributed by atoms with E-state index in [4.69, 9.17) is 4.74 Å². The van der Waals surface area contributed by atoms with Crippen molar-refractivity contribution in [2.45, 2.75) is 6.42 Å². The average molecular weight is 496 g/mol. The Morgan fingerprint density at radius 3 is 2.80 bits per heavy atom. The Morgan fingerprint density at radius 1 is 1.23 bits per heavy atom. The van der Waals surface area contributed by atoms with Gasteiger partial charge in [0.05, 0.1) is 17.9 Å². The lowest BCUT2D eigenvalue weighted by Gasteiger charge is -2.27. The van der Waals surface area contributed by atoms with Gasteiger partial charge in [0.15, 0.2) is 10.9 Å². The van der Waals surface area contributed by atoms with Gasteiger partial charge in [-0.05, 0) is 30.7 Å². The fourth-order valence-electron chi connectivity index (χ4n) is 3.40. The highest BCUT2D eigenvalue weighted by atomic mass is 79.9. The molecule has 0 bridgehead atoms. The van der Waals surface area contributed by atoms with Gasteiger partial charge in [-0.3, -0.25) is 14.6 Å². The van der Waals surface area contributed by atoms with Gasteiger partial charge in [-0.1, -0.05) is 33.3 Å². The summed E-state index contributed by atoms with van der Waals surface area (Å²) in [6.45, 7) is 4.40. The summed E-state index contributed by atoms with van der Waals surface area (Å²) in [7, 11) is 0. The number of ether oxygens (including phenoxy) is 1. The smallest absolute Gasteiger partial charge is 0.260 e. The van der Waals surface area contributed by atoms with E-state index in [1.54, 1.807) is 23.1 Å². The van der Waals surface area contributed by atoms with E-state index in [-0.39, 0.29) is 11.4 Å². The second-order valence-corrected chi connectivity index (χ2v) is 8.93. The molecule has 0 atom stereocenters. The van der Waals surface area contributed by atoms with E-state index in [0.29, 0.717) is 35.2 Å². The molecule has 0 aliphatic carbocycles. The Hall–Kier alpha value is -1.94. The molecule has 1 aliphatic heterocycles. The molecular formula is C21H20BrF2N3O2S. The summed E-state index contributed by atoms with van der Waals surface area (Å²) in [5, 5.41) is 0.362. The minimum Gasteiger partial charge on any atom is -0.379 e. The predicted molar refractivity (Wildman–Crippen MR) is 117 cm³/mol. The number of hydrogen-bond acceptors (Lipinski definition) is 5. The lowest BCUT2D eigenvalue weighted by Crippen LogP contribution is -2.39. The second kappa shape index (κ2) is 9.47. The van der Waals surface area contributed by atoms with Crippen molar-refractivity contribution in [1.29, 1.82) is 0 Å². The van der Waals surface area contributed by atoms with Gasteiger partial charge in [0.2, 0.25) is 0 Å². The largest absolute Gasteiger partial charge is 0.379 e. The third-order valence-electron chi connectivity index (χ3n) is 4.91. The van der Waals surface area contributed by atoms with Gasteiger partial charge in [0.1, 0.15) is 11.3 Å². The topological polar surface area (TPSA) is 45.7 Å². The minimum absolute atomic E-state index is 0.0802. The predicted octanol–water partition coefficient (Wildman–Crippen LogP) is 4.71. The third kappa shape index (κ3) is 4.85. The van der Waals surface area contributed by atoms with E-state index in [9.17, 15) is 13.6 Å². The Balaban J connectivity index is 1.60. The number of anilines is 1. The SMILES string of the molecule is O=C(c1cccc(Br)c1)N(CCCN1CCOCC1)c1nc2c(F)cc(F)cc2s1. The summed E-state index contributed by atoms with van der Waals surface area (Å²) in [6.07, 6.45) is 0.729. The first-order valence-corrected chi connectivity index (χ1v) is 11.3. The number of hydrogen-bond donors (Lipinski definition) is 0. The molecule has 0 N–H and O–H groups in total. The number of carbonyl (C=O) groups is 1. The number of fused-ring (bicyclic) bond motifs is 1. The zero-order valence-electron chi connectivity index (χ0n) is 16.1. The number of aromatic nitrogens is 1. The number of thiazole rings is 1. The molecule has 9 heteroatoms. The molecule has 1 aliphatic rings. The van der Waals surface area contributed by atoms with Crippen molar-refractivity contribution in [2.75, 3.05) is 44.3 Å². The number of nitrogens with zero attached hydrogens (tertiary/aromatic N) is 3. The van der Waals surface area contributed by atoms with Crippen LogP contribution in [0, 0.1) is 11.6 Å². The molecular weight excluding hydrogens is 476 g/mol. The quantitative estimate of drug-likeness (QED) is 0.496. The molecule has 1 amide bonds. The second-order valence-electron chi connectivity index (χ2n) is 7.01. The summed E-state index contributed by atoms with van der Waals surface area (Å²) in [4.78, 5) is 21.5. The molecule has 158 valence electrons. The van der Waals surface area contributed by atoms with Crippen LogP contribution in [0.25, 0.3) is 10.2 Å². The van der Waals surface area contributed by atoms with E-state index < -0.39 is 11.6 Å². The Kier molecular flexibility index (Phi) is 6.72. The van der Waals surface area contributed by atoms with Crippen molar-refractivity contribution in [3.8, 4) is 0 Å². The van der Waals surface area contributed by atoms with Crippen LogP contribution in [-0.2, 0) is 4.74 Å². The van der Waals surface area contributed by atoms with Crippen LogP contribution in [0.4, 0.5) is 13.9 Å². The molecule has 0 spiro atoms. The summed E-state index contributed by atoms with van der Waals surface area (Å²) < 4.78 is 34.3. The molecule has 1 fully saturated rings. The first kappa shape index (κ1) is 21.3. The zero-order valence-corrected chi connectivity index (χ0v) is 18.5. The number of halogens is 3. The van der Waals surface area contributed by atoms with Crippen LogP contribution >= 0.6 is 27.3 Å². The number of rotatable bonds is 6. The lowest BCUT2D eigenvalue weighted by atomic mass is 10.2. The van der Waals surface area contributed by atoms with Crippen molar-refractivity contribution in [1.82, 2.24) is 9.88 Å². The van der Waals surface area contributed by atoms with Crippen molar-refractivity contribution in [3.63, 3.8) is 0 Å². The summed E-state index contributed by atoms with van der Waals surface area (Å²) >= 11 is 4.51. The number of carbonyl (C=O) groups excluding carboxylic acids is 1. The molecule has 0 saturated carbocycles. The maximum absolute atomic E-state index is 14.2. The fourth-order valence-corrected chi connectivity index (χ4v) is 4.83. The van der Waals surface area contributed by atoms with E-state index in [0.717, 1.165) is 47.9 Å². The van der Waals surface area contributed by atoms with Crippen LogP contribution < -0.4 is 4.90 Å². The highest BCUT2D eigenvalue weighted by molar-refractivity contribution is 9.10. The number of morpholine rings is 1. The standard InChI is InChI=1S/C21H20BrF2N3O2S/c22-15-4-1-3-14(11-15)20(28)27(6-2-5-26-7-9-29-10-8-26)21-25-19-17(24)12-16(23)13-18(19)30-21/h1,3-4,11-13H,2,5-10H2. The summed E-state index contributed by atoms with van der Waals surface area (Å²) in [5.74, 6) is -1.61. The van der Waals surface area contributed by atoms with Gasteiger partial charge in [0, 0.05) is 42.3 Å². The molecule has 1 aromatic heterocycles. The molecule has 3 aromatic rings. The van der Waals surface area contributed by atoms with Crippen LogP contribution in [0.15, 0.2) is 40.9 Å². The number of benzene rings is 2. The number of amides is 1. The average Bonchev–Trinajstić information content (AvgIpc) is 3.15. The molecule has 2 heterocycles.